The molecule has 2 aromatic rings. The van der Waals surface area contributed by atoms with Crippen LogP contribution in [-0.2, 0) is 41.6 Å². The molecule has 1 aliphatic carbocycles. The van der Waals surface area contributed by atoms with E-state index in [0.717, 1.165) is 36.9 Å². The maximum atomic E-state index is 13.5. The smallest absolute Gasteiger partial charge is 0.308 e. The van der Waals surface area contributed by atoms with Gasteiger partial charge in [0.05, 0.1) is 0 Å². The molecule has 45 heavy (non-hydrogen) atoms. The van der Waals surface area contributed by atoms with Gasteiger partial charge >= 0.3 is 23.9 Å². The van der Waals surface area contributed by atoms with Crippen molar-refractivity contribution in [3.05, 3.63) is 47.5 Å². The maximum Gasteiger partial charge on any atom is 0.308 e. The van der Waals surface area contributed by atoms with E-state index < -0.39 is 23.9 Å². The van der Waals surface area contributed by atoms with Crippen LogP contribution in [0, 0.1) is 17.8 Å². The van der Waals surface area contributed by atoms with Gasteiger partial charge in [0.25, 0.3) is 0 Å². The first-order valence-corrected chi connectivity index (χ1v) is 15.1. The number of rotatable bonds is 8. The number of hydrogen-bond donors (Lipinski definition) is 1. The van der Waals surface area contributed by atoms with Gasteiger partial charge in [0, 0.05) is 52.5 Å². The first kappa shape index (κ1) is 34.9. The number of amides is 1. The minimum absolute atomic E-state index is 0.124. The Labute approximate surface area is 262 Å². The van der Waals surface area contributed by atoms with Crippen LogP contribution in [0.2, 0.25) is 0 Å². The monoisotopic (exact) mass is 623 g/mol. The van der Waals surface area contributed by atoms with Crippen LogP contribution in [0.25, 0.3) is 0 Å². The lowest BCUT2D eigenvalue weighted by atomic mass is 9.71. The number of Topliss-reactive ketones (excluding diaryl/α,β-unsaturated/α-hetero) is 1. The average molecular weight is 624 g/mol. The van der Waals surface area contributed by atoms with E-state index in [1.54, 1.807) is 36.4 Å². The third-order valence-electron chi connectivity index (χ3n) is 7.33. The Morgan fingerprint density at radius 3 is 1.42 bits per heavy atom. The van der Waals surface area contributed by atoms with Crippen LogP contribution in [0.5, 0.6) is 23.0 Å². The summed E-state index contributed by atoms with van der Waals surface area (Å²) in [7, 11) is 0. The second-order valence-electron chi connectivity index (χ2n) is 11.5. The van der Waals surface area contributed by atoms with Crippen molar-refractivity contribution in [2.75, 3.05) is 6.54 Å². The first-order valence-electron chi connectivity index (χ1n) is 15.1. The van der Waals surface area contributed by atoms with E-state index >= 15 is 0 Å². The van der Waals surface area contributed by atoms with Gasteiger partial charge in [-0.2, -0.15) is 0 Å². The van der Waals surface area contributed by atoms with Crippen LogP contribution in [0.3, 0.4) is 0 Å². The van der Waals surface area contributed by atoms with Gasteiger partial charge in [0.2, 0.25) is 5.91 Å². The van der Waals surface area contributed by atoms with Gasteiger partial charge in [-0.1, -0.05) is 19.1 Å². The van der Waals surface area contributed by atoms with Crippen LogP contribution in [0.1, 0.15) is 77.8 Å². The second kappa shape index (κ2) is 16.5. The molecule has 1 heterocycles. The Bertz CT molecular complexity index is 1330. The van der Waals surface area contributed by atoms with E-state index in [1.807, 2.05) is 0 Å². The summed E-state index contributed by atoms with van der Waals surface area (Å²) in [6, 6.07) is 9.88. The zero-order valence-electron chi connectivity index (χ0n) is 26.4. The van der Waals surface area contributed by atoms with Gasteiger partial charge in [0.1, 0.15) is 5.78 Å². The number of piperidine rings is 1. The fourth-order valence-electron chi connectivity index (χ4n) is 5.60. The summed E-state index contributed by atoms with van der Waals surface area (Å²) in [5.41, 5.74) is 1.57. The zero-order chi connectivity index (χ0) is 33.1. The fourth-order valence-corrected chi connectivity index (χ4v) is 5.60. The molecular formula is C34H41NO10. The van der Waals surface area contributed by atoms with Crippen molar-refractivity contribution in [1.29, 1.82) is 0 Å². The second-order valence-corrected chi connectivity index (χ2v) is 11.5. The molecule has 1 N–H and O–H groups in total. The minimum Gasteiger partial charge on any atom is -0.423 e. The van der Waals surface area contributed by atoms with Crippen LogP contribution in [0.4, 0.5) is 0 Å². The summed E-state index contributed by atoms with van der Waals surface area (Å²) in [5, 5.41) is 2.74. The number of benzene rings is 2. The van der Waals surface area contributed by atoms with Crippen molar-refractivity contribution >= 4 is 35.6 Å². The molecular weight excluding hydrogens is 582 g/mol. The molecule has 0 spiro atoms. The molecule has 2 atom stereocenters. The Morgan fingerprint density at radius 2 is 1.09 bits per heavy atom. The summed E-state index contributed by atoms with van der Waals surface area (Å²) in [6.07, 6.45) is 5.29. The van der Waals surface area contributed by atoms with Crippen molar-refractivity contribution in [1.82, 2.24) is 5.32 Å². The van der Waals surface area contributed by atoms with E-state index in [0.29, 0.717) is 31.6 Å². The van der Waals surface area contributed by atoms with E-state index in [4.69, 9.17) is 18.9 Å². The molecule has 2 aliphatic rings. The molecule has 0 aromatic heterocycles. The highest BCUT2D eigenvalue weighted by Crippen LogP contribution is 2.37. The molecule has 4 rings (SSSR count). The number of nitrogens with one attached hydrogen (secondary N) is 1. The van der Waals surface area contributed by atoms with Gasteiger partial charge < -0.3 is 24.3 Å². The number of ether oxygens (including phenoxy) is 4. The van der Waals surface area contributed by atoms with Gasteiger partial charge in [-0.3, -0.25) is 28.8 Å². The Balaban J connectivity index is 0.000000693. The van der Waals surface area contributed by atoms with E-state index in [9.17, 15) is 28.8 Å². The first-order chi connectivity index (χ1) is 21.3. The standard InChI is InChI=1S/C29H32O9.C5H9NO/c1-16-10-23(12-21-6-8-25(35-17(2)30)27(14-21)37-19(4)32)29(34)24(11-16)13-22-7-9-26(36-18(3)31)28(15-22)38-20(5)33;7-5-3-1-2-4-6-5/h6-9,14-16,23-24H,10-13H2,1-5H3;1-4H2,(H,6,7). The third kappa shape index (κ3) is 11.5. The number of carbonyl (C=O) groups excluding carboxylic acids is 6. The molecule has 11 heteroatoms. The van der Waals surface area contributed by atoms with Crippen LogP contribution in [-0.4, -0.2) is 42.1 Å². The van der Waals surface area contributed by atoms with Crippen molar-refractivity contribution in [2.45, 2.75) is 79.6 Å². The Kier molecular flexibility index (Phi) is 12.8. The Hall–Kier alpha value is -4.54. The summed E-state index contributed by atoms with van der Waals surface area (Å²) < 4.78 is 20.7. The minimum atomic E-state index is -0.550. The summed E-state index contributed by atoms with van der Waals surface area (Å²) in [4.78, 5) is 69.8. The third-order valence-corrected chi connectivity index (χ3v) is 7.33. The molecule has 2 aromatic carbocycles. The maximum absolute atomic E-state index is 13.5. The van der Waals surface area contributed by atoms with Gasteiger partial charge in [-0.25, -0.2) is 0 Å². The van der Waals surface area contributed by atoms with Gasteiger partial charge in [0.15, 0.2) is 23.0 Å². The van der Waals surface area contributed by atoms with E-state index in [2.05, 4.69) is 12.2 Å². The molecule has 1 saturated carbocycles. The Morgan fingerprint density at radius 1 is 0.667 bits per heavy atom. The van der Waals surface area contributed by atoms with Crippen molar-refractivity contribution in [3.63, 3.8) is 0 Å². The van der Waals surface area contributed by atoms with Crippen LogP contribution >= 0.6 is 0 Å². The van der Waals surface area contributed by atoms with Crippen molar-refractivity contribution in [2.24, 2.45) is 17.8 Å². The summed E-state index contributed by atoms with van der Waals surface area (Å²) in [5.74, 6) is -1.51. The number of hydrogen-bond acceptors (Lipinski definition) is 10. The molecule has 1 amide bonds. The molecule has 2 fully saturated rings. The van der Waals surface area contributed by atoms with E-state index in [-0.39, 0.29) is 46.5 Å². The molecule has 0 bridgehead atoms. The lowest BCUT2D eigenvalue weighted by molar-refractivity contribution is -0.134. The normalized spacial score (nSPS) is 19.3. The quantitative estimate of drug-likeness (QED) is 0.324. The lowest BCUT2D eigenvalue weighted by Gasteiger charge is -2.32. The van der Waals surface area contributed by atoms with Gasteiger partial charge in [-0.15, -0.1) is 0 Å². The van der Waals surface area contributed by atoms with Crippen molar-refractivity contribution in [3.8, 4) is 23.0 Å². The van der Waals surface area contributed by atoms with Crippen LogP contribution in [0.15, 0.2) is 36.4 Å². The number of ketones is 1. The van der Waals surface area contributed by atoms with Crippen molar-refractivity contribution < 1.29 is 47.7 Å². The fraction of sp³-hybridized carbons (Fsp3) is 0.471. The lowest BCUT2D eigenvalue weighted by Crippen LogP contribution is -2.34. The highest BCUT2D eigenvalue weighted by molar-refractivity contribution is 5.85. The summed E-state index contributed by atoms with van der Waals surface area (Å²) >= 11 is 0. The topological polar surface area (TPSA) is 151 Å². The van der Waals surface area contributed by atoms with Gasteiger partial charge in [-0.05, 0) is 79.8 Å². The highest BCUT2D eigenvalue weighted by Gasteiger charge is 2.35. The van der Waals surface area contributed by atoms with Crippen LogP contribution < -0.4 is 24.3 Å². The predicted octanol–water partition coefficient (Wildman–Crippen LogP) is 4.69. The molecule has 242 valence electrons. The number of carbonyl (C=O) groups is 6. The number of esters is 4. The largest absolute Gasteiger partial charge is 0.423 e. The predicted molar refractivity (Wildman–Crippen MR) is 163 cm³/mol. The molecule has 1 saturated heterocycles. The molecule has 0 radical (unpaired) electrons. The summed E-state index contributed by atoms with van der Waals surface area (Å²) in [6.45, 7) is 8.02. The zero-order valence-corrected chi connectivity index (χ0v) is 26.4. The highest BCUT2D eigenvalue weighted by atomic mass is 16.6. The molecule has 1 aliphatic heterocycles. The van der Waals surface area contributed by atoms with E-state index in [1.165, 1.54) is 27.7 Å². The SMILES string of the molecule is CC(=O)Oc1ccc(CC2CC(C)CC(Cc3ccc(OC(C)=O)c(OC(C)=O)c3)C2=O)cc1OC(C)=O.O=C1CCCCN1. The molecule has 11 nitrogen and oxygen atoms in total. The average Bonchev–Trinajstić information content (AvgIpc) is 2.94. The molecule has 2 unspecified atom stereocenters.